The van der Waals surface area contributed by atoms with Gasteiger partial charge < -0.3 is 24.5 Å². The van der Waals surface area contributed by atoms with Crippen LogP contribution in [-0.2, 0) is 20.9 Å². The number of rotatable bonds is 10. The second-order valence-electron chi connectivity index (χ2n) is 5.65. The molecule has 0 saturated carbocycles. The fourth-order valence-electron chi connectivity index (χ4n) is 2.18. The number of ether oxygens (including phenoxy) is 2. The molecule has 1 heterocycles. The summed E-state index contributed by atoms with van der Waals surface area (Å²) in [6, 6.07) is 8.22. The quantitative estimate of drug-likeness (QED) is 0.636. The Morgan fingerprint density at radius 1 is 1.19 bits per heavy atom. The van der Waals surface area contributed by atoms with Crippen molar-refractivity contribution in [1.82, 2.24) is 5.32 Å². The van der Waals surface area contributed by atoms with Crippen molar-refractivity contribution >= 4 is 17.5 Å². The van der Waals surface area contributed by atoms with Gasteiger partial charge in [-0.15, -0.1) is 0 Å². The molecule has 1 atom stereocenters. The van der Waals surface area contributed by atoms with E-state index in [0.29, 0.717) is 37.7 Å². The number of carbonyl (C=O) groups is 2. The molecule has 1 aromatic carbocycles. The van der Waals surface area contributed by atoms with Crippen LogP contribution in [0.5, 0.6) is 0 Å². The smallest absolute Gasteiger partial charge is 0.255 e. The predicted molar refractivity (Wildman–Crippen MR) is 96.9 cm³/mol. The van der Waals surface area contributed by atoms with Crippen molar-refractivity contribution in [3.8, 4) is 0 Å². The van der Waals surface area contributed by atoms with Crippen LogP contribution >= 0.6 is 0 Å². The van der Waals surface area contributed by atoms with Crippen LogP contribution in [0, 0.1) is 0 Å². The summed E-state index contributed by atoms with van der Waals surface area (Å²) in [5.41, 5.74) is 1.95. The fraction of sp³-hybridized carbons (Fsp3) is 0.368. The number of carbonyl (C=O) groups excluding carboxylic acids is 2. The highest BCUT2D eigenvalue weighted by molar-refractivity contribution is 6.00. The molecule has 1 unspecified atom stereocenters. The van der Waals surface area contributed by atoms with Gasteiger partial charge in [0.2, 0.25) is 5.91 Å². The zero-order valence-corrected chi connectivity index (χ0v) is 15.0. The van der Waals surface area contributed by atoms with Gasteiger partial charge in [0.25, 0.3) is 5.91 Å². The molecule has 2 rings (SSSR count). The van der Waals surface area contributed by atoms with Crippen LogP contribution in [0.2, 0.25) is 0 Å². The molecule has 7 heteroatoms. The van der Waals surface area contributed by atoms with Crippen LogP contribution in [-0.4, -0.2) is 37.7 Å². The van der Waals surface area contributed by atoms with Crippen molar-refractivity contribution in [3.05, 3.63) is 54.0 Å². The summed E-state index contributed by atoms with van der Waals surface area (Å²) >= 11 is 0. The maximum Gasteiger partial charge on any atom is 0.255 e. The van der Waals surface area contributed by atoms with Crippen LogP contribution in [0.4, 0.5) is 5.69 Å². The van der Waals surface area contributed by atoms with E-state index in [0.717, 1.165) is 5.56 Å². The fourth-order valence-corrected chi connectivity index (χ4v) is 2.18. The molecule has 2 N–H and O–H groups in total. The van der Waals surface area contributed by atoms with E-state index in [2.05, 4.69) is 10.6 Å². The second kappa shape index (κ2) is 10.4. The van der Waals surface area contributed by atoms with E-state index in [1.54, 1.807) is 13.0 Å². The molecule has 0 spiro atoms. The van der Waals surface area contributed by atoms with Crippen LogP contribution in [0.3, 0.4) is 0 Å². The van der Waals surface area contributed by atoms with Gasteiger partial charge in [-0.2, -0.15) is 0 Å². The van der Waals surface area contributed by atoms with E-state index < -0.39 is 6.04 Å². The van der Waals surface area contributed by atoms with Crippen molar-refractivity contribution in [2.24, 2.45) is 0 Å². The Labute approximate surface area is 152 Å². The van der Waals surface area contributed by atoms with Crippen molar-refractivity contribution in [2.45, 2.75) is 26.5 Å². The molecule has 1 aromatic heterocycles. The van der Waals surface area contributed by atoms with E-state index in [9.17, 15) is 9.59 Å². The van der Waals surface area contributed by atoms with Gasteiger partial charge >= 0.3 is 0 Å². The summed E-state index contributed by atoms with van der Waals surface area (Å²) in [7, 11) is 0. The number of furan rings is 1. The molecule has 2 amide bonds. The summed E-state index contributed by atoms with van der Waals surface area (Å²) in [6.45, 7) is 5.73. The Hall–Kier alpha value is -2.64. The molecule has 0 bridgehead atoms. The Morgan fingerprint density at radius 3 is 2.73 bits per heavy atom. The largest absolute Gasteiger partial charge is 0.472 e. The predicted octanol–water partition coefficient (Wildman–Crippen LogP) is 2.59. The Morgan fingerprint density at radius 2 is 2.00 bits per heavy atom. The molecule has 0 aliphatic rings. The topological polar surface area (TPSA) is 89.8 Å². The Kier molecular flexibility index (Phi) is 7.85. The number of benzene rings is 1. The first-order valence-electron chi connectivity index (χ1n) is 8.48. The third-order valence-electron chi connectivity index (χ3n) is 3.56. The SMILES string of the molecule is CCOCCOCc1cccc(NC(=O)C(C)NC(=O)c2ccoc2)c1. The molecule has 0 saturated heterocycles. The van der Waals surface area contributed by atoms with E-state index in [1.165, 1.54) is 18.6 Å². The summed E-state index contributed by atoms with van der Waals surface area (Å²) in [5, 5.41) is 5.41. The lowest BCUT2D eigenvalue weighted by Crippen LogP contribution is -2.41. The molecule has 0 fully saturated rings. The molecule has 0 aliphatic heterocycles. The molecule has 26 heavy (non-hydrogen) atoms. The summed E-state index contributed by atoms with van der Waals surface area (Å²) in [5.74, 6) is -0.672. The highest BCUT2D eigenvalue weighted by Crippen LogP contribution is 2.12. The number of nitrogens with one attached hydrogen (secondary N) is 2. The maximum atomic E-state index is 12.3. The number of hydrogen-bond acceptors (Lipinski definition) is 5. The minimum atomic E-state index is -0.691. The maximum absolute atomic E-state index is 12.3. The van der Waals surface area contributed by atoms with Gasteiger partial charge in [0.05, 0.1) is 31.6 Å². The lowest BCUT2D eigenvalue weighted by molar-refractivity contribution is -0.117. The second-order valence-corrected chi connectivity index (χ2v) is 5.65. The van der Waals surface area contributed by atoms with Crippen LogP contribution in [0.25, 0.3) is 0 Å². The third-order valence-corrected chi connectivity index (χ3v) is 3.56. The van der Waals surface area contributed by atoms with Crippen molar-refractivity contribution in [3.63, 3.8) is 0 Å². The average Bonchev–Trinajstić information content (AvgIpc) is 3.16. The molecule has 0 aliphatic carbocycles. The highest BCUT2D eigenvalue weighted by atomic mass is 16.5. The first-order valence-corrected chi connectivity index (χ1v) is 8.48. The van der Waals surface area contributed by atoms with Gasteiger partial charge in [0.15, 0.2) is 0 Å². The monoisotopic (exact) mass is 360 g/mol. The number of amides is 2. The zero-order chi connectivity index (χ0) is 18.8. The Bertz CT molecular complexity index is 700. The summed E-state index contributed by atoms with van der Waals surface area (Å²) in [6.07, 6.45) is 2.73. The van der Waals surface area contributed by atoms with Gasteiger partial charge in [0.1, 0.15) is 12.3 Å². The average molecular weight is 360 g/mol. The summed E-state index contributed by atoms with van der Waals surface area (Å²) < 4.78 is 15.6. The lowest BCUT2D eigenvalue weighted by atomic mass is 10.2. The third kappa shape index (κ3) is 6.34. The van der Waals surface area contributed by atoms with Gasteiger partial charge in [-0.3, -0.25) is 9.59 Å². The van der Waals surface area contributed by atoms with E-state index in [4.69, 9.17) is 13.9 Å². The summed E-state index contributed by atoms with van der Waals surface area (Å²) in [4.78, 5) is 24.2. The van der Waals surface area contributed by atoms with E-state index >= 15 is 0 Å². The minimum Gasteiger partial charge on any atom is -0.472 e. The Balaban J connectivity index is 1.82. The van der Waals surface area contributed by atoms with Crippen LogP contribution in [0.1, 0.15) is 29.8 Å². The molecule has 7 nitrogen and oxygen atoms in total. The number of hydrogen-bond donors (Lipinski definition) is 2. The molecule has 0 radical (unpaired) electrons. The van der Waals surface area contributed by atoms with Gasteiger partial charge in [0, 0.05) is 12.3 Å². The van der Waals surface area contributed by atoms with Crippen molar-refractivity contribution in [2.75, 3.05) is 25.1 Å². The number of anilines is 1. The van der Waals surface area contributed by atoms with Gasteiger partial charge in [-0.05, 0) is 37.6 Å². The van der Waals surface area contributed by atoms with Crippen LogP contribution < -0.4 is 10.6 Å². The first kappa shape index (κ1) is 19.7. The first-order chi connectivity index (χ1) is 12.6. The van der Waals surface area contributed by atoms with Gasteiger partial charge in [-0.1, -0.05) is 12.1 Å². The molecule has 2 aromatic rings. The molecular weight excluding hydrogens is 336 g/mol. The van der Waals surface area contributed by atoms with Crippen LogP contribution in [0.15, 0.2) is 47.3 Å². The normalized spacial score (nSPS) is 11.8. The standard InChI is InChI=1S/C19H24N2O5/c1-3-24-9-10-26-12-15-5-4-6-17(11-15)21-18(22)14(2)20-19(23)16-7-8-25-13-16/h4-8,11,13-14H,3,9-10,12H2,1-2H3,(H,20,23)(H,21,22). The highest BCUT2D eigenvalue weighted by Gasteiger charge is 2.17. The van der Waals surface area contributed by atoms with Crippen molar-refractivity contribution in [1.29, 1.82) is 0 Å². The van der Waals surface area contributed by atoms with E-state index in [-0.39, 0.29) is 11.8 Å². The van der Waals surface area contributed by atoms with Crippen molar-refractivity contribution < 1.29 is 23.5 Å². The van der Waals surface area contributed by atoms with Gasteiger partial charge in [-0.25, -0.2) is 0 Å². The van der Waals surface area contributed by atoms with E-state index in [1.807, 2.05) is 25.1 Å². The molecular formula is C19H24N2O5. The molecule has 140 valence electrons. The minimum absolute atomic E-state index is 0.309. The lowest BCUT2D eigenvalue weighted by Gasteiger charge is -2.14. The zero-order valence-electron chi connectivity index (χ0n) is 15.0.